The topological polar surface area (TPSA) is 173 Å². The molecular formula is C54H80N2O7. The molecule has 0 bridgehead atoms. The molecule has 0 spiro atoms. The van der Waals surface area contributed by atoms with Crippen LogP contribution in [-0.4, -0.2) is 75.9 Å². The molecule has 9 heteroatoms. The molecule has 9 nitrogen and oxygen atoms in total. The average molecular weight is 869 g/mol. The Morgan fingerprint density at radius 3 is 1.46 bits per heavy atom. The number of aliphatic hydroxyl groups excluding tert-OH is 4. The van der Waals surface area contributed by atoms with E-state index in [0.29, 0.717) is 53.2 Å². The Bertz CT molecular complexity index is 1930. The minimum absolute atomic E-state index is 0.00717. The fourth-order valence-corrected chi connectivity index (χ4v) is 13.6. The molecule has 6 aliphatic rings. The Labute approximate surface area is 378 Å². The summed E-state index contributed by atoms with van der Waals surface area (Å²) in [4.78, 5) is 23.0. The van der Waals surface area contributed by atoms with E-state index in [2.05, 4.69) is 46.9 Å². The van der Waals surface area contributed by atoms with Gasteiger partial charge in [0.15, 0.2) is 0 Å². The second-order valence-electron chi connectivity index (χ2n) is 21.9. The van der Waals surface area contributed by atoms with Crippen LogP contribution >= 0.6 is 0 Å². The molecule has 6 aliphatic carbocycles. The van der Waals surface area contributed by atoms with Crippen LogP contribution in [0.1, 0.15) is 152 Å². The number of hydrogen-bond acceptors (Lipinski definition) is 7. The van der Waals surface area contributed by atoms with Crippen LogP contribution in [0.3, 0.4) is 0 Å². The molecule has 0 radical (unpaired) electrons. The number of allylic oxidation sites excluding steroid dienone is 2. The third-order valence-electron chi connectivity index (χ3n) is 17.7. The molecule has 8 N–H and O–H groups in total. The van der Waals surface area contributed by atoms with E-state index in [1.165, 1.54) is 32.1 Å². The second-order valence-corrected chi connectivity index (χ2v) is 21.9. The molecule has 8 rings (SSSR count). The van der Waals surface area contributed by atoms with Crippen LogP contribution in [0.15, 0.2) is 83.0 Å². The second kappa shape index (κ2) is 20.4. The average Bonchev–Trinajstić information content (AvgIpc) is 3.78. The molecule has 0 heterocycles. The van der Waals surface area contributed by atoms with Crippen molar-refractivity contribution in [1.29, 1.82) is 0 Å². The molecule has 2 aromatic carbocycles. The Hall–Kier alpha value is -3.34. The summed E-state index contributed by atoms with van der Waals surface area (Å²) >= 11 is 0. The quantitative estimate of drug-likeness (QED) is 0.122. The maximum Gasteiger partial charge on any atom is 0.335 e. The Morgan fingerprint density at radius 1 is 0.619 bits per heavy atom. The van der Waals surface area contributed by atoms with E-state index in [9.17, 15) is 30.0 Å². The van der Waals surface area contributed by atoms with Gasteiger partial charge in [-0.2, -0.15) is 0 Å². The molecule has 63 heavy (non-hydrogen) atoms. The van der Waals surface area contributed by atoms with Crippen molar-refractivity contribution in [3.05, 3.63) is 94.1 Å². The summed E-state index contributed by atoms with van der Waals surface area (Å²) in [7, 11) is 0. The van der Waals surface area contributed by atoms with Crippen molar-refractivity contribution in [3.8, 4) is 0 Å². The maximum atomic E-state index is 12.8. The number of nitrogens with one attached hydrogen (secondary N) is 1. The van der Waals surface area contributed by atoms with Gasteiger partial charge in [0.2, 0.25) is 0 Å². The van der Waals surface area contributed by atoms with Crippen molar-refractivity contribution in [1.82, 2.24) is 5.32 Å². The number of carbonyl (C=O) groups is 2. The first-order valence-corrected chi connectivity index (χ1v) is 24.2. The van der Waals surface area contributed by atoms with Gasteiger partial charge in [-0.25, -0.2) is 4.79 Å². The molecule has 348 valence electrons. The highest BCUT2D eigenvalue weighted by molar-refractivity contribution is 5.94. The zero-order valence-electron chi connectivity index (χ0n) is 39.3. The number of amides is 1. The number of nitrogens with two attached hydrogens (primary N) is 1. The zero-order chi connectivity index (χ0) is 45.7. The summed E-state index contributed by atoms with van der Waals surface area (Å²) in [5.74, 6) is 1.21. The molecule has 2 saturated carbocycles. The van der Waals surface area contributed by atoms with Crippen molar-refractivity contribution in [2.45, 2.75) is 144 Å². The van der Waals surface area contributed by atoms with Gasteiger partial charge in [-0.1, -0.05) is 100 Å². The van der Waals surface area contributed by atoms with Gasteiger partial charge in [0, 0.05) is 31.2 Å². The number of rotatable bonds is 9. The van der Waals surface area contributed by atoms with E-state index in [1.54, 1.807) is 52.6 Å². The van der Waals surface area contributed by atoms with Crippen LogP contribution in [0.5, 0.6) is 0 Å². The van der Waals surface area contributed by atoms with Gasteiger partial charge in [-0.3, -0.25) is 4.79 Å². The fraction of sp³-hybridized carbons (Fsp3) is 0.667. The summed E-state index contributed by atoms with van der Waals surface area (Å²) < 4.78 is 0. The predicted molar refractivity (Wildman–Crippen MR) is 251 cm³/mol. The van der Waals surface area contributed by atoms with Gasteiger partial charge < -0.3 is 36.6 Å². The van der Waals surface area contributed by atoms with E-state index in [1.807, 2.05) is 30.3 Å². The van der Waals surface area contributed by atoms with Crippen molar-refractivity contribution >= 4 is 11.9 Å². The lowest BCUT2D eigenvalue weighted by atomic mass is 9.53. The number of carboxylic acids is 1. The van der Waals surface area contributed by atoms with Crippen molar-refractivity contribution in [2.24, 2.45) is 62.9 Å². The van der Waals surface area contributed by atoms with Crippen LogP contribution in [-0.2, 0) is 0 Å². The Kier molecular flexibility index (Phi) is 15.9. The minimum atomic E-state index is -0.879. The molecule has 0 unspecified atom stereocenters. The van der Waals surface area contributed by atoms with E-state index < -0.39 is 5.97 Å². The van der Waals surface area contributed by atoms with Crippen molar-refractivity contribution < 1.29 is 35.1 Å². The van der Waals surface area contributed by atoms with Gasteiger partial charge >= 0.3 is 5.97 Å². The molecule has 0 saturated heterocycles. The van der Waals surface area contributed by atoms with Crippen LogP contribution < -0.4 is 11.1 Å². The molecule has 2 fully saturated rings. The highest BCUT2D eigenvalue weighted by Crippen LogP contribution is 2.60. The van der Waals surface area contributed by atoms with Crippen LogP contribution in [0.25, 0.3) is 0 Å². The molecule has 0 aromatic heterocycles. The third-order valence-corrected chi connectivity index (χ3v) is 17.7. The minimum Gasteiger partial charge on any atom is -0.478 e. The molecule has 2 aromatic rings. The van der Waals surface area contributed by atoms with E-state index >= 15 is 0 Å². The van der Waals surface area contributed by atoms with Crippen LogP contribution in [0.4, 0.5) is 0 Å². The maximum absolute atomic E-state index is 12.8. The first-order chi connectivity index (χ1) is 29.9. The van der Waals surface area contributed by atoms with Gasteiger partial charge in [0.05, 0.1) is 17.8 Å². The highest BCUT2D eigenvalue weighted by atomic mass is 16.4. The normalized spacial score (nSPS) is 34.4. The van der Waals surface area contributed by atoms with Gasteiger partial charge in [-0.05, 0) is 172 Å². The Balaban J connectivity index is 0.000000180. The SMILES string of the molecule is CC1(C)CCC2=C1CC[C@H]([C@@]1(C)CC[C@H](O)C[C@@H]1CO)[C@H]2CN.CC1(C)CCC2=C1CC[C@H]([C@@]1(C)CC[C@H](O)C[C@@H]1CO)[C@H]2CNC(=O)c1ccccc1.O=C(O)c1ccccc1. The summed E-state index contributed by atoms with van der Waals surface area (Å²) in [6.07, 6.45) is 14.0. The predicted octanol–water partition coefficient (Wildman–Crippen LogP) is 9.35. The summed E-state index contributed by atoms with van der Waals surface area (Å²) in [5.41, 5.74) is 14.5. The number of aromatic carboxylic acids is 1. The Morgan fingerprint density at radius 2 is 1.05 bits per heavy atom. The number of aliphatic hydroxyl groups is 4. The summed E-state index contributed by atoms with van der Waals surface area (Å²) in [6.45, 7) is 15.9. The van der Waals surface area contributed by atoms with Crippen LogP contribution in [0, 0.1) is 57.2 Å². The van der Waals surface area contributed by atoms with E-state index in [0.717, 1.165) is 57.9 Å². The van der Waals surface area contributed by atoms with E-state index in [-0.39, 0.29) is 59.4 Å². The largest absolute Gasteiger partial charge is 0.478 e. The highest BCUT2D eigenvalue weighted by Gasteiger charge is 2.53. The molecular weight excluding hydrogens is 789 g/mol. The zero-order valence-corrected chi connectivity index (χ0v) is 39.3. The molecule has 0 aliphatic heterocycles. The summed E-state index contributed by atoms with van der Waals surface area (Å²) in [6, 6.07) is 17.8. The standard InChI is InChI=1S/C27H39NO3.C20H35NO2.C7H6O2/c1-26(2)13-12-21-22(16-28-25(31)18-7-5-4-6-8-18)24(10-9-23(21)26)27(3)14-11-20(30)15-19(27)17-29;1-19(2)8-7-15-16(11-21)18(5-4-17(15)19)20(3)9-6-14(23)10-13(20)12-22;8-7(9)6-4-2-1-3-5-6/h4-8,19-20,22,24,29-30H,9-17H2,1-3H3,(H,28,31);13-14,16,18,22-23H,4-12,21H2,1-3H3;1-5H,(H,8,9)/t19-,20+,22+,24+,27+;13-,14+,16+,18+,20+;/m11./s1. The third kappa shape index (κ3) is 10.5. The number of carboxylic acid groups (broad SMARTS) is 1. The van der Waals surface area contributed by atoms with Gasteiger partial charge in [0.1, 0.15) is 0 Å². The van der Waals surface area contributed by atoms with Gasteiger partial charge in [-0.15, -0.1) is 0 Å². The monoisotopic (exact) mass is 869 g/mol. The summed E-state index contributed by atoms with van der Waals surface area (Å²) in [5, 5.41) is 52.1. The smallest absolute Gasteiger partial charge is 0.335 e. The van der Waals surface area contributed by atoms with Crippen molar-refractivity contribution in [3.63, 3.8) is 0 Å². The lowest BCUT2D eigenvalue weighted by Gasteiger charge is -2.52. The number of carbonyl (C=O) groups excluding carboxylic acids is 1. The molecule has 1 amide bonds. The lowest BCUT2D eigenvalue weighted by molar-refractivity contribution is -0.0581. The van der Waals surface area contributed by atoms with Gasteiger partial charge in [0.25, 0.3) is 5.91 Å². The first kappa shape index (κ1) is 49.1. The molecule has 10 atom stereocenters. The first-order valence-electron chi connectivity index (χ1n) is 24.2. The van der Waals surface area contributed by atoms with E-state index in [4.69, 9.17) is 10.8 Å². The van der Waals surface area contributed by atoms with Crippen molar-refractivity contribution in [2.75, 3.05) is 26.3 Å². The fourth-order valence-electron chi connectivity index (χ4n) is 13.6. The number of benzene rings is 2. The number of hydrogen-bond donors (Lipinski definition) is 7. The lowest BCUT2D eigenvalue weighted by Crippen LogP contribution is -2.49. The van der Waals surface area contributed by atoms with Crippen LogP contribution in [0.2, 0.25) is 0 Å².